The first kappa shape index (κ1) is 20.4. The average Bonchev–Trinajstić information content (AvgIpc) is 3.16. The molecule has 0 amide bonds. The largest absolute Gasteiger partial charge is 0.497 e. The molecule has 0 spiro atoms. The molecular weight excluding hydrogens is 420 g/mol. The molecule has 3 aromatic carbocycles. The van der Waals surface area contributed by atoms with Crippen molar-refractivity contribution in [2.75, 3.05) is 12.1 Å². The summed E-state index contributed by atoms with van der Waals surface area (Å²) in [4.78, 5) is 11.1. The highest BCUT2D eigenvalue weighted by molar-refractivity contribution is 6.16. The fourth-order valence-corrected chi connectivity index (χ4v) is 3.86. The van der Waals surface area contributed by atoms with Gasteiger partial charge in [-0.3, -0.25) is 14.7 Å². The maximum Gasteiger partial charge on any atom is 0.270 e. The SMILES string of the molecule is COc1ccc(CN2N=C(c3ccccc3)c3cc([N+](=O)[O-])ccc3-n3c(C)nnc32)cc1. The standard InChI is InChI=1S/C24H20N6O3/c1-16-25-26-24-28(15-17-8-11-20(33-2)12-9-17)27-23(18-6-4-3-5-7-18)21-14-19(30(31)32)10-13-22(21)29(16)24/h3-14H,15H2,1-2H3. The maximum atomic E-state index is 11.5. The molecule has 4 aromatic rings. The molecule has 0 unspecified atom stereocenters. The Balaban J connectivity index is 1.72. The average molecular weight is 440 g/mol. The van der Waals surface area contributed by atoms with E-state index >= 15 is 0 Å². The van der Waals surface area contributed by atoms with Crippen molar-refractivity contribution in [2.45, 2.75) is 13.5 Å². The molecular formula is C24H20N6O3. The van der Waals surface area contributed by atoms with Gasteiger partial charge in [0.2, 0.25) is 0 Å². The fraction of sp³-hybridized carbons (Fsp3) is 0.125. The molecule has 0 radical (unpaired) electrons. The molecule has 1 aliphatic rings. The van der Waals surface area contributed by atoms with Crippen LogP contribution in [0.5, 0.6) is 5.75 Å². The summed E-state index contributed by atoms with van der Waals surface area (Å²) < 4.78 is 7.14. The Morgan fingerprint density at radius 1 is 1.00 bits per heavy atom. The van der Waals surface area contributed by atoms with Crippen LogP contribution in [0.4, 0.5) is 11.6 Å². The fourth-order valence-electron chi connectivity index (χ4n) is 3.86. The van der Waals surface area contributed by atoms with Crippen molar-refractivity contribution in [3.8, 4) is 11.4 Å². The number of methoxy groups -OCH3 is 1. The Bertz CT molecular complexity index is 1360. The van der Waals surface area contributed by atoms with E-state index in [1.54, 1.807) is 24.3 Å². The van der Waals surface area contributed by atoms with E-state index in [4.69, 9.17) is 9.84 Å². The Labute approximate surface area is 189 Å². The molecule has 0 saturated heterocycles. The van der Waals surface area contributed by atoms with Gasteiger partial charge in [-0.15, -0.1) is 10.2 Å². The lowest BCUT2D eigenvalue weighted by molar-refractivity contribution is -0.384. The molecule has 164 valence electrons. The van der Waals surface area contributed by atoms with Gasteiger partial charge in [0.15, 0.2) is 0 Å². The van der Waals surface area contributed by atoms with Crippen molar-refractivity contribution in [3.05, 3.63) is 105 Å². The minimum Gasteiger partial charge on any atom is -0.497 e. The lowest BCUT2D eigenvalue weighted by Crippen LogP contribution is -2.20. The summed E-state index contributed by atoms with van der Waals surface area (Å²) in [6, 6.07) is 22.1. The zero-order valence-electron chi connectivity index (χ0n) is 18.0. The Morgan fingerprint density at radius 3 is 2.45 bits per heavy atom. The van der Waals surface area contributed by atoms with Crippen molar-refractivity contribution in [1.29, 1.82) is 0 Å². The summed E-state index contributed by atoms with van der Waals surface area (Å²) in [7, 11) is 1.63. The van der Waals surface area contributed by atoms with Crippen LogP contribution in [0.15, 0.2) is 77.9 Å². The highest BCUT2D eigenvalue weighted by Gasteiger charge is 2.28. The van der Waals surface area contributed by atoms with E-state index in [0.29, 0.717) is 29.6 Å². The summed E-state index contributed by atoms with van der Waals surface area (Å²) in [6.07, 6.45) is 0. The Kier molecular flexibility index (Phi) is 5.06. The lowest BCUT2D eigenvalue weighted by Gasteiger charge is -2.18. The first-order valence-corrected chi connectivity index (χ1v) is 10.3. The molecule has 9 nitrogen and oxygen atoms in total. The number of non-ortho nitro benzene ring substituents is 1. The van der Waals surface area contributed by atoms with E-state index in [1.807, 2.05) is 66.1 Å². The van der Waals surface area contributed by atoms with Crippen LogP contribution in [-0.2, 0) is 6.54 Å². The van der Waals surface area contributed by atoms with Gasteiger partial charge in [-0.2, -0.15) is 5.10 Å². The number of fused-ring (bicyclic) bond motifs is 3. The van der Waals surface area contributed by atoms with Crippen molar-refractivity contribution in [1.82, 2.24) is 14.8 Å². The summed E-state index contributed by atoms with van der Waals surface area (Å²) in [6.45, 7) is 2.27. The van der Waals surface area contributed by atoms with Crippen molar-refractivity contribution in [2.24, 2.45) is 5.10 Å². The van der Waals surface area contributed by atoms with Crippen LogP contribution in [0.2, 0.25) is 0 Å². The first-order valence-electron chi connectivity index (χ1n) is 10.3. The van der Waals surface area contributed by atoms with E-state index in [-0.39, 0.29) is 5.69 Å². The van der Waals surface area contributed by atoms with Crippen molar-refractivity contribution >= 4 is 17.3 Å². The number of rotatable bonds is 5. The molecule has 0 bridgehead atoms. The van der Waals surface area contributed by atoms with Crippen molar-refractivity contribution in [3.63, 3.8) is 0 Å². The van der Waals surface area contributed by atoms with Crippen LogP contribution in [-0.4, -0.2) is 32.5 Å². The van der Waals surface area contributed by atoms with Crippen LogP contribution >= 0.6 is 0 Å². The van der Waals surface area contributed by atoms with Gasteiger partial charge >= 0.3 is 0 Å². The molecule has 0 aliphatic carbocycles. The van der Waals surface area contributed by atoms with E-state index < -0.39 is 4.92 Å². The van der Waals surface area contributed by atoms with E-state index in [2.05, 4.69) is 10.2 Å². The monoisotopic (exact) mass is 440 g/mol. The van der Waals surface area contributed by atoms with Crippen LogP contribution < -0.4 is 9.75 Å². The minimum absolute atomic E-state index is 0.00624. The van der Waals surface area contributed by atoms with Crippen LogP contribution in [0.1, 0.15) is 22.5 Å². The number of nitrogens with zero attached hydrogens (tertiary/aromatic N) is 6. The van der Waals surface area contributed by atoms with E-state index in [1.165, 1.54) is 6.07 Å². The van der Waals surface area contributed by atoms with Gasteiger partial charge in [0, 0.05) is 23.3 Å². The molecule has 2 heterocycles. The van der Waals surface area contributed by atoms with Gasteiger partial charge in [-0.25, -0.2) is 5.01 Å². The number of ether oxygens (including phenoxy) is 1. The number of aromatic nitrogens is 3. The Morgan fingerprint density at radius 2 is 1.76 bits per heavy atom. The summed E-state index contributed by atoms with van der Waals surface area (Å²) in [5, 5.41) is 26.9. The number of hydrogen-bond acceptors (Lipinski definition) is 7. The van der Waals surface area contributed by atoms with E-state index in [9.17, 15) is 10.1 Å². The second-order valence-electron chi connectivity index (χ2n) is 7.56. The highest BCUT2D eigenvalue weighted by Crippen LogP contribution is 2.32. The quantitative estimate of drug-likeness (QED) is 0.340. The third kappa shape index (κ3) is 3.69. The summed E-state index contributed by atoms with van der Waals surface area (Å²) in [5.74, 6) is 1.95. The zero-order chi connectivity index (χ0) is 22.9. The number of hydrogen-bond donors (Lipinski definition) is 0. The second kappa shape index (κ2) is 8.19. The zero-order valence-corrected chi connectivity index (χ0v) is 18.0. The van der Waals surface area contributed by atoms with Gasteiger partial charge in [-0.05, 0) is 30.7 Å². The van der Waals surface area contributed by atoms with Gasteiger partial charge in [0.1, 0.15) is 17.3 Å². The molecule has 9 heteroatoms. The minimum atomic E-state index is -0.400. The first-order chi connectivity index (χ1) is 16.0. The third-order valence-electron chi connectivity index (χ3n) is 5.48. The normalized spacial score (nSPS) is 12.4. The number of nitro groups is 1. The lowest BCUT2D eigenvalue weighted by atomic mass is 10.00. The predicted octanol–water partition coefficient (Wildman–Crippen LogP) is 4.27. The van der Waals surface area contributed by atoms with Gasteiger partial charge in [-0.1, -0.05) is 42.5 Å². The molecule has 1 aliphatic heterocycles. The third-order valence-corrected chi connectivity index (χ3v) is 5.48. The topological polar surface area (TPSA) is 98.7 Å². The van der Waals surface area contributed by atoms with Gasteiger partial charge in [0.05, 0.1) is 24.3 Å². The molecule has 0 fully saturated rings. The van der Waals surface area contributed by atoms with Crippen LogP contribution in [0.25, 0.3) is 5.69 Å². The number of anilines is 1. The molecule has 0 N–H and O–H groups in total. The van der Waals surface area contributed by atoms with Crippen LogP contribution in [0.3, 0.4) is 0 Å². The van der Waals surface area contributed by atoms with E-state index in [0.717, 1.165) is 22.6 Å². The van der Waals surface area contributed by atoms with Crippen molar-refractivity contribution < 1.29 is 9.66 Å². The number of nitro benzene ring substituents is 1. The molecule has 1 aromatic heterocycles. The maximum absolute atomic E-state index is 11.5. The van der Waals surface area contributed by atoms with Gasteiger partial charge in [0.25, 0.3) is 11.6 Å². The molecule has 33 heavy (non-hydrogen) atoms. The molecule has 5 rings (SSSR count). The Hall–Kier alpha value is -4.53. The number of benzene rings is 3. The number of hydrazone groups is 1. The number of aryl methyl sites for hydroxylation is 1. The second-order valence-corrected chi connectivity index (χ2v) is 7.56. The summed E-state index contributed by atoms with van der Waals surface area (Å²) >= 11 is 0. The molecule has 0 saturated carbocycles. The van der Waals surface area contributed by atoms with Gasteiger partial charge < -0.3 is 4.74 Å². The summed E-state index contributed by atoms with van der Waals surface area (Å²) in [5.41, 5.74) is 3.82. The smallest absolute Gasteiger partial charge is 0.270 e. The predicted molar refractivity (Wildman–Crippen MR) is 124 cm³/mol. The highest BCUT2D eigenvalue weighted by atomic mass is 16.6. The van der Waals surface area contributed by atoms with Crippen LogP contribution in [0, 0.1) is 17.0 Å². The molecule has 0 atom stereocenters.